The summed E-state index contributed by atoms with van der Waals surface area (Å²) in [7, 11) is 0. The van der Waals surface area contributed by atoms with Crippen molar-refractivity contribution in [3.05, 3.63) is 90.5 Å². The fourth-order valence-corrected chi connectivity index (χ4v) is 6.36. The Bertz CT molecular complexity index is 1800. The van der Waals surface area contributed by atoms with Crippen molar-refractivity contribution in [1.29, 1.82) is 0 Å². The zero-order valence-electron chi connectivity index (χ0n) is 29.6. The molecule has 0 aromatic heterocycles. The van der Waals surface area contributed by atoms with Crippen LogP contribution in [-0.2, 0) is 36.8 Å². The number of aliphatic imine (C=N–C) groups is 1. The molecule has 4 amide bonds. The maximum Gasteiger partial charge on any atom is 0.243 e. The van der Waals surface area contributed by atoms with Crippen molar-refractivity contribution >= 4 is 46.6 Å². The number of phenols is 1. The summed E-state index contributed by atoms with van der Waals surface area (Å²) in [5.74, 6) is -2.82. The normalized spacial score (nSPS) is 21.7. The van der Waals surface area contributed by atoms with Gasteiger partial charge in [-0.25, -0.2) is 0 Å². The fourth-order valence-electron chi connectivity index (χ4n) is 6.36. The predicted octanol–water partition coefficient (Wildman–Crippen LogP) is 0.0905. The lowest BCUT2D eigenvalue weighted by atomic mass is 9.95. The molecule has 4 atom stereocenters. The van der Waals surface area contributed by atoms with Crippen LogP contribution < -0.4 is 38.5 Å². The molecule has 1 heterocycles. The minimum Gasteiger partial charge on any atom is -0.508 e. The van der Waals surface area contributed by atoms with Crippen LogP contribution in [0.4, 0.5) is 0 Å². The number of carbonyl (C=O) groups excluding carboxylic acids is 5. The molecule has 1 aliphatic heterocycles. The topological polar surface area (TPSA) is 247 Å². The summed E-state index contributed by atoms with van der Waals surface area (Å²) < 4.78 is 0. The Morgan fingerprint density at radius 2 is 1.60 bits per heavy atom. The van der Waals surface area contributed by atoms with E-state index in [4.69, 9.17) is 17.2 Å². The molecular weight excluding hydrogens is 678 g/mol. The van der Waals surface area contributed by atoms with Gasteiger partial charge in [0.15, 0.2) is 17.9 Å². The first-order valence-electron chi connectivity index (χ1n) is 17.5. The first kappa shape index (κ1) is 40.0. The maximum absolute atomic E-state index is 14.3. The Morgan fingerprint density at radius 1 is 0.906 bits per heavy atom. The molecule has 1 aliphatic rings. The van der Waals surface area contributed by atoms with E-state index in [0.29, 0.717) is 37.7 Å². The predicted molar refractivity (Wildman–Crippen MR) is 202 cm³/mol. The van der Waals surface area contributed by atoms with Gasteiger partial charge in [-0.15, -0.1) is 6.58 Å². The minimum absolute atomic E-state index is 0.00259. The molecule has 0 spiro atoms. The lowest BCUT2D eigenvalue weighted by Crippen LogP contribution is -2.69. The van der Waals surface area contributed by atoms with Crippen molar-refractivity contribution in [3.8, 4) is 5.75 Å². The quantitative estimate of drug-likeness (QED) is 0.0366. The molecule has 0 radical (unpaired) electrons. The van der Waals surface area contributed by atoms with Crippen molar-refractivity contribution in [2.75, 3.05) is 26.2 Å². The van der Waals surface area contributed by atoms with Crippen LogP contribution in [-0.4, -0.2) is 95.8 Å². The summed E-state index contributed by atoms with van der Waals surface area (Å²) in [6, 6.07) is 15.9. The second-order valence-electron chi connectivity index (χ2n) is 13.0. The van der Waals surface area contributed by atoms with Crippen molar-refractivity contribution in [2.45, 2.75) is 62.3 Å². The average molecular weight is 728 g/mol. The van der Waals surface area contributed by atoms with Gasteiger partial charge in [0.05, 0.1) is 6.54 Å². The van der Waals surface area contributed by atoms with Gasteiger partial charge >= 0.3 is 0 Å². The number of carbonyl (C=O) groups is 5. The van der Waals surface area contributed by atoms with Crippen molar-refractivity contribution in [1.82, 2.24) is 26.2 Å². The average Bonchev–Trinajstić information content (AvgIpc) is 3.14. The third-order valence-corrected chi connectivity index (χ3v) is 9.04. The summed E-state index contributed by atoms with van der Waals surface area (Å²) in [6.45, 7) is 3.96. The third kappa shape index (κ3) is 11.1. The molecule has 15 heteroatoms. The second-order valence-corrected chi connectivity index (χ2v) is 13.0. The third-order valence-electron chi connectivity index (χ3n) is 9.04. The zero-order valence-corrected chi connectivity index (χ0v) is 29.6. The van der Waals surface area contributed by atoms with Crippen LogP contribution in [0.2, 0.25) is 0 Å². The molecular formula is C38H49N9O6. The highest BCUT2D eigenvalue weighted by atomic mass is 16.3. The molecule has 15 nitrogen and oxygen atoms in total. The number of fused-ring (bicyclic) bond motifs is 1. The molecule has 11 N–H and O–H groups in total. The first-order valence-corrected chi connectivity index (χ1v) is 17.5. The van der Waals surface area contributed by atoms with Crippen molar-refractivity contribution < 1.29 is 29.1 Å². The van der Waals surface area contributed by atoms with Gasteiger partial charge in [0.25, 0.3) is 0 Å². The number of rotatable bonds is 14. The number of amides is 4. The Kier molecular flexibility index (Phi) is 14.4. The lowest BCUT2D eigenvalue weighted by molar-refractivity contribution is -0.141. The van der Waals surface area contributed by atoms with Crippen LogP contribution in [0.15, 0.2) is 84.4 Å². The summed E-state index contributed by atoms with van der Waals surface area (Å²) in [4.78, 5) is 74.6. The van der Waals surface area contributed by atoms with Gasteiger partial charge in [0, 0.05) is 25.9 Å². The van der Waals surface area contributed by atoms with Crippen LogP contribution in [0.1, 0.15) is 36.8 Å². The minimum atomic E-state index is -1.84. The lowest BCUT2D eigenvalue weighted by Gasteiger charge is -2.44. The van der Waals surface area contributed by atoms with E-state index in [0.717, 1.165) is 16.3 Å². The first-order chi connectivity index (χ1) is 25.5. The monoisotopic (exact) mass is 727 g/mol. The van der Waals surface area contributed by atoms with Crippen LogP contribution in [0.3, 0.4) is 0 Å². The highest BCUT2D eigenvalue weighted by molar-refractivity contribution is 5.96. The van der Waals surface area contributed by atoms with Crippen molar-refractivity contribution in [2.24, 2.45) is 22.2 Å². The number of aldehydes is 1. The van der Waals surface area contributed by atoms with E-state index in [1.165, 1.54) is 23.1 Å². The number of hydrogen-bond donors (Lipinski definition) is 8. The maximum atomic E-state index is 14.3. The van der Waals surface area contributed by atoms with Crippen LogP contribution in [0.5, 0.6) is 5.75 Å². The molecule has 0 aliphatic carbocycles. The SMILES string of the molecule is C=C[C@@H]1C(=O)N[C@@H](CCCN=C(N)N)C(=O)N[C@@H](Cc2ccc3ccccc3c2)C(=O)NCC(=O)N[C@](C=O)(Cc2ccc(O)cc2)N1CCCCN. The summed E-state index contributed by atoms with van der Waals surface area (Å²) in [5, 5.41) is 22.9. The molecule has 3 aromatic carbocycles. The van der Waals surface area contributed by atoms with Crippen LogP contribution in [0, 0.1) is 0 Å². The van der Waals surface area contributed by atoms with E-state index in [1.54, 1.807) is 12.1 Å². The van der Waals surface area contributed by atoms with Gasteiger partial charge in [-0.2, -0.15) is 0 Å². The molecule has 0 saturated carbocycles. The molecule has 0 unspecified atom stereocenters. The van der Waals surface area contributed by atoms with Gasteiger partial charge in [-0.05, 0) is 66.3 Å². The van der Waals surface area contributed by atoms with E-state index in [-0.39, 0.29) is 44.1 Å². The number of guanidine groups is 1. The molecule has 1 fully saturated rings. The molecule has 1 saturated heterocycles. The number of phenolic OH excluding ortho intramolecular Hbond substituents is 1. The van der Waals surface area contributed by atoms with Crippen molar-refractivity contribution in [3.63, 3.8) is 0 Å². The summed E-state index contributed by atoms with van der Waals surface area (Å²) in [6.07, 6.45) is 3.19. The van der Waals surface area contributed by atoms with E-state index in [1.807, 2.05) is 42.5 Å². The van der Waals surface area contributed by atoms with Gasteiger partial charge in [-0.1, -0.05) is 60.7 Å². The largest absolute Gasteiger partial charge is 0.508 e. The van der Waals surface area contributed by atoms with Gasteiger partial charge in [0.1, 0.15) is 23.9 Å². The molecule has 4 rings (SSSR count). The van der Waals surface area contributed by atoms with Crippen LogP contribution >= 0.6 is 0 Å². The Balaban J connectivity index is 1.77. The summed E-state index contributed by atoms with van der Waals surface area (Å²) in [5.41, 5.74) is 16.2. The Labute approximate surface area is 308 Å². The Morgan fingerprint density at radius 3 is 2.28 bits per heavy atom. The number of nitrogens with zero attached hydrogens (tertiary/aromatic N) is 2. The molecule has 3 aromatic rings. The number of hydrogen-bond acceptors (Lipinski definition) is 9. The number of nitrogens with two attached hydrogens (primary N) is 3. The highest BCUT2D eigenvalue weighted by Crippen LogP contribution is 2.24. The number of benzene rings is 3. The number of aromatic hydroxyl groups is 1. The van der Waals surface area contributed by atoms with E-state index >= 15 is 0 Å². The summed E-state index contributed by atoms with van der Waals surface area (Å²) >= 11 is 0. The van der Waals surface area contributed by atoms with Gasteiger partial charge in [-0.3, -0.25) is 33.9 Å². The second kappa shape index (κ2) is 19.2. The number of unbranched alkanes of at least 4 members (excludes halogenated alkanes) is 1. The molecule has 0 bridgehead atoms. The zero-order chi connectivity index (χ0) is 38.4. The van der Waals surface area contributed by atoms with Gasteiger partial charge in [0.2, 0.25) is 23.6 Å². The smallest absolute Gasteiger partial charge is 0.243 e. The number of nitrogens with one attached hydrogen (secondary N) is 4. The van der Waals surface area contributed by atoms with Crippen LogP contribution in [0.25, 0.3) is 10.8 Å². The van der Waals surface area contributed by atoms with E-state index in [9.17, 15) is 29.1 Å². The standard InChI is InChI=1S/C38H49N9O6/c1-2-32-36(53)44-30(10-7-18-42-37(40)41)35(52)45-31(21-26-11-14-27-8-3-4-9-28(27)20-26)34(51)43-23-33(50)46-38(24-48,47(32)19-6-5-17-39)22-25-12-15-29(49)16-13-25/h2-4,8-9,11-16,20,24,30-32,49H,1,5-7,10,17-19,21-23,39H2,(H,43,51)(H,44,53)(H,45,52)(H,46,50)(H4,40,41,42)/t30-,31-,32+,38+/m0/s1. The fraction of sp³-hybridized carbons (Fsp3) is 0.368. The molecule has 282 valence electrons. The Hall–Kier alpha value is -5.80. The van der Waals surface area contributed by atoms with E-state index in [2.05, 4.69) is 32.8 Å². The van der Waals surface area contributed by atoms with E-state index < -0.39 is 54.0 Å². The van der Waals surface area contributed by atoms with Gasteiger partial charge < -0.3 is 43.6 Å². The molecule has 53 heavy (non-hydrogen) atoms. The highest BCUT2D eigenvalue weighted by Gasteiger charge is 2.44.